The van der Waals surface area contributed by atoms with Crippen LogP contribution in [-0.4, -0.2) is 37.6 Å². The molecular formula is C11H26N2. The number of hydrogen-bond acceptors (Lipinski definition) is 2. The van der Waals surface area contributed by atoms with Crippen LogP contribution in [0.25, 0.3) is 0 Å². The molecule has 0 radical (unpaired) electrons. The number of hydrogen-bond donors (Lipinski definition) is 1. The van der Waals surface area contributed by atoms with Gasteiger partial charge in [-0.2, -0.15) is 0 Å². The minimum atomic E-state index is 1.19. The number of unbranched alkanes of at least 4 members (excludes halogenated alkanes) is 2. The van der Waals surface area contributed by atoms with E-state index in [1.807, 2.05) is 13.8 Å². The van der Waals surface area contributed by atoms with Gasteiger partial charge in [-0.1, -0.05) is 33.6 Å². The summed E-state index contributed by atoms with van der Waals surface area (Å²) in [5.41, 5.74) is 0. The summed E-state index contributed by atoms with van der Waals surface area (Å²) in [6.45, 7) is 12.5. The molecule has 0 spiro atoms. The van der Waals surface area contributed by atoms with Crippen molar-refractivity contribution in [1.82, 2.24) is 10.2 Å². The molecule has 0 aromatic carbocycles. The Labute approximate surface area is 83.7 Å². The molecule has 13 heavy (non-hydrogen) atoms. The molecule has 1 N–H and O–H groups in total. The van der Waals surface area contributed by atoms with Crippen LogP contribution >= 0.6 is 0 Å². The fraction of sp³-hybridized carbons (Fsp3) is 1.00. The maximum absolute atomic E-state index is 3.36. The molecule has 0 aliphatic carbocycles. The van der Waals surface area contributed by atoms with Gasteiger partial charge in [-0.25, -0.2) is 0 Å². The second-order valence-electron chi connectivity index (χ2n) is 3.30. The lowest BCUT2D eigenvalue weighted by Gasteiger charge is -2.26. The Kier molecular flexibility index (Phi) is 9.94. The molecule has 0 aromatic heterocycles. The van der Waals surface area contributed by atoms with Gasteiger partial charge >= 0.3 is 0 Å². The van der Waals surface area contributed by atoms with Gasteiger partial charge in [-0.3, -0.25) is 0 Å². The highest BCUT2D eigenvalue weighted by Gasteiger charge is 2.07. The third kappa shape index (κ3) is 7.03. The Hall–Kier alpha value is -0.0800. The maximum atomic E-state index is 3.36. The zero-order valence-corrected chi connectivity index (χ0v) is 9.60. The predicted molar refractivity (Wildman–Crippen MR) is 60.2 cm³/mol. The van der Waals surface area contributed by atoms with Crippen LogP contribution in [-0.2, 0) is 0 Å². The highest BCUT2D eigenvalue weighted by Crippen LogP contribution is 1.98. The van der Waals surface area contributed by atoms with E-state index in [2.05, 4.69) is 17.1 Å². The van der Waals surface area contributed by atoms with Crippen molar-refractivity contribution >= 4 is 0 Å². The first-order valence-electron chi connectivity index (χ1n) is 5.86. The minimum absolute atomic E-state index is 1.19. The van der Waals surface area contributed by atoms with Gasteiger partial charge in [0.25, 0.3) is 0 Å². The topological polar surface area (TPSA) is 15.3 Å². The summed E-state index contributed by atoms with van der Waals surface area (Å²) in [5, 5.41) is 3.36. The molecule has 0 unspecified atom stereocenters. The predicted octanol–water partition coefficient (Wildman–Crippen LogP) is 2.11. The summed E-state index contributed by atoms with van der Waals surface area (Å²) in [6.07, 6.45) is 4.12. The van der Waals surface area contributed by atoms with E-state index in [1.165, 1.54) is 52.0 Å². The zero-order chi connectivity index (χ0) is 9.94. The van der Waals surface area contributed by atoms with E-state index in [1.54, 1.807) is 0 Å². The van der Waals surface area contributed by atoms with E-state index in [-0.39, 0.29) is 0 Å². The van der Waals surface area contributed by atoms with E-state index in [4.69, 9.17) is 0 Å². The van der Waals surface area contributed by atoms with Crippen LogP contribution < -0.4 is 5.32 Å². The molecule has 0 aromatic rings. The quantitative estimate of drug-likeness (QED) is 0.677. The van der Waals surface area contributed by atoms with Crippen molar-refractivity contribution in [3.8, 4) is 0 Å². The van der Waals surface area contributed by atoms with Gasteiger partial charge in [0.2, 0.25) is 0 Å². The fourth-order valence-corrected chi connectivity index (χ4v) is 1.52. The minimum Gasteiger partial charge on any atom is -0.314 e. The van der Waals surface area contributed by atoms with Crippen molar-refractivity contribution in [1.29, 1.82) is 0 Å². The Morgan fingerprint density at radius 3 is 2.23 bits per heavy atom. The van der Waals surface area contributed by atoms with E-state index < -0.39 is 0 Å². The van der Waals surface area contributed by atoms with E-state index >= 15 is 0 Å². The highest BCUT2D eigenvalue weighted by atomic mass is 15.2. The lowest BCUT2D eigenvalue weighted by Crippen LogP contribution is -2.43. The highest BCUT2D eigenvalue weighted by molar-refractivity contribution is 4.66. The lowest BCUT2D eigenvalue weighted by atomic mass is 10.2. The van der Waals surface area contributed by atoms with Gasteiger partial charge in [0.1, 0.15) is 0 Å². The first-order valence-corrected chi connectivity index (χ1v) is 5.86. The summed E-state index contributed by atoms with van der Waals surface area (Å²) in [6, 6.07) is 0. The Morgan fingerprint density at radius 2 is 1.69 bits per heavy atom. The van der Waals surface area contributed by atoms with Gasteiger partial charge < -0.3 is 10.2 Å². The number of nitrogens with zero attached hydrogens (tertiary/aromatic N) is 1. The first-order chi connectivity index (χ1) is 6.43. The van der Waals surface area contributed by atoms with Crippen molar-refractivity contribution in [2.24, 2.45) is 0 Å². The smallest absolute Gasteiger partial charge is 0.0107 e. The van der Waals surface area contributed by atoms with Crippen LogP contribution in [0.5, 0.6) is 0 Å². The maximum Gasteiger partial charge on any atom is 0.0107 e. The molecule has 1 saturated heterocycles. The molecule has 2 nitrogen and oxygen atoms in total. The Bertz CT molecular complexity index is 88.1. The number of nitrogens with one attached hydrogen (secondary N) is 1. The molecule has 0 bridgehead atoms. The molecule has 1 heterocycles. The van der Waals surface area contributed by atoms with Crippen LogP contribution in [0.3, 0.4) is 0 Å². The third-order valence-corrected chi connectivity index (χ3v) is 2.29. The van der Waals surface area contributed by atoms with Crippen molar-refractivity contribution < 1.29 is 0 Å². The monoisotopic (exact) mass is 186 g/mol. The lowest BCUT2D eigenvalue weighted by molar-refractivity contribution is 0.236. The normalized spacial score (nSPS) is 17.8. The largest absolute Gasteiger partial charge is 0.314 e. The molecule has 0 amide bonds. The van der Waals surface area contributed by atoms with E-state index in [9.17, 15) is 0 Å². The molecule has 0 saturated carbocycles. The SMILES string of the molecule is CC.CCCCCN1CCNCC1. The summed E-state index contributed by atoms with van der Waals surface area (Å²) in [5.74, 6) is 0. The van der Waals surface area contributed by atoms with Gasteiger partial charge in [0, 0.05) is 26.2 Å². The summed E-state index contributed by atoms with van der Waals surface area (Å²) >= 11 is 0. The number of piperazine rings is 1. The van der Waals surface area contributed by atoms with Crippen LogP contribution in [0.1, 0.15) is 40.0 Å². The Balaban J connectivity index is 0.000000671. The van der Waals surface area contributed by atoms with Gasteiger partial charge in [-0.15, -0.1) is 0 Å². The number of rotatable bonds is 4. The molecule has 1 fully saturated rings. The molecule has 2 heteroatoms. The van der Waals surface area contributed by atoms with E-state index in [0.717, 1.165) is 0 Å². The van der Waals surface area contributed by atoms with Crippen molar-refractivity contribution in [3.63, 3.8) is 0 Å². The van der Waals surface area contributed by atoms with Crippen LogP contribution in [0.4, 0.5) is 0 Å². The van der Waals surface area contributed by atoms with Crippen molar-refractivity contribution in [2.75, 3.05) is 32.7 Å². The second-order valence-corrected chi connectivity index (χ2v) is 3.30. The van der Waals surface area contributed by atoms with Crippen LogP contribution in [0, 0.1) is 0 Å². The Morgan fingerprint density at radius 1 is 1.08 bits per heavy atom. The van der Waals surface area contributed by atoms with Crippen molar-refractivity contribution in [3.05, 3.63) is 0 Å². The van der Waals surface area contributed by atoms with Gasteiger partial charge in [0.15, 0.2) is 0 Å². The van der Waals surface area contributed by atoms with Gasteiger partial charge in [0.05, 0.1) is 0 Å². The molecule has 0 atom stereocenters. The first kappa shape index (κ1) is 12.9. The third-order valence-electron chi connectivity index (χ3n) is 2.29. The average molecular weight is 186 g/mol. The molecular weight excluding hydrogens is 160 g/mol. The second kappa shape index (κ2) is 10.0. The summed E-state index contributed by atoms with van der Waals surface area (Å²) in [4.78, 5) is 2.56. The fourth-order valence-electron chi connectivity index (χ4n) is 1.52. The van der Waals surface area contributed by atoms with Crippen LogP contribution in [0.15, 0.2) is 0 Å². The summed E-state index contributed by atoms with van der Waals surface area (Å²) in [7, 11) is 0. The molecule has 1 aliphatic rings. The molecule has 1 rings (SSSR count). The molecule has 80 valence electrons. The van der Waals surface area contributed by atoms with Crippen molar-refractivity contribution in [2.45, 2.75) is 40.0 Å². The standard InChI is InChI=1S/C9H20N2.C2H6/c1-2-3-4-7-11-8-5-10-6-9-11;1-2/h10H,2-9H2,1H3;1-2H3. The van der Waals surface area contributed by atoms with E-state index in [0.29, 0.717) is 0 Å². The molecule has 1 aliphatic heterocycles. The zero-order valence-electron chi connectivity index (χ0n) is 9.60. The average Bonchev–Trinajstić information content (AvgIpc) is 2.23. The summed E-state index contributed by atoms with van der Waals surface area (Å²) < 4.78 is 0. The van der Waals surface area contributed by atoms with Gasteiger partial charge in [-0.05, 0) is 13.0 Å². The van der Waals surface area contributed by atoms with Crippen LogP contribution in [0.2, 0.25) is 0 Å².